The molecular formula is C13H14N2O2. The zero-order chi connectivity index (χ0) is 11.9. The Morgan fingerprint density at radius 1 is 1.06 bits per heavy atom. The fraction of sp³-hybridized carbons (Fsp3) is 0.385. The molecular weight excluding hydrogens is 216 g/mol. The van der Waals surface area contributed by atoms with Crippen LogP contribution in [0.5, 0.6) is 0 Å². The van der Waals surface area contributed by atoms with E-state index in [1.165, 1.54) is 0 Å². The lowest BCUT2D eigenvalue weighted by Gasteiger charge is -2.25. The van der Waals surface area contributed by atoms with Crippen molar-refractivity contribution in [2.45, 2.75) is 31.2 Å². The normalized spacial score (nSPS) is 21.6. The van der Waals surface area contributed by atoms with Gasteiger partial charge in [0.2, 0.25) is 5.91 Å². The van der Waals surface area contributed by atoms with Gasteiger partial charge in [-0.3, -0.25) is 9.59 Å². The van der Waals surface area contributed by atoms with Gasteiger partial charge in [-0.15, -0.1) is 0 Å². The number of para-hydroxylation sites is 1. The fourth-order valence-electron chi connectivity index (χ4n) is 2.70. The highest BCUT2D eigenvalue weighted by atomic mass is 16.2. The Balaban J connectivity index is 2.05. The lowest BCUT2D eigenvalue weighted by Crippen LogP contribution is -2.53. The largest absolute Gasteiger partial charge is 0.338 e. The summed E-state index contributed by atoms with van der Waals surface area (Å²) < 4.78 is 0. The van der Waals surface area contributed by atoms with Crippen LogP contribution in [0.15, 0.2) is 24.3 Å². The molecule has 4 heteroatoms. The molecule has 3 rings (SSSR count). The third kappa shape index (κ3) is 1.52. The Bertz CT molecular complexity index is 490. The SMILES string of the molecule is O=C1NC2(CCCC2)C(=O)Nc2ccccc21. The topological polar surface area (TPSA) is 58.2 Å². The number of fused-ring (bicyclic) bond motifs is 1. The van der Waals surface area contributed by atoms with Gasteiger partial charge in [-0.2, -0.15) is 0 Å². The second-order valence-electron chi connectivity index (χ2n) is 4.74. The van der Waals surface area contributed by atoms with Crippen LogP contribution in [0.25, 0.3) is 0 Å². The van der Waals surface area contributed by atoms with Crippen LogP contribution in [0.4, 0.5) is 5.69 Å². The quantitative estimate of drug-likeness (QED) is 0.712. The van der Waals surface area contributed by atoms with E-state index in [1.807, 2.05) is 6.07 Å². The van der Waals surface area contributed by atoms with E-state index in [-0.39, 0.29) is 11.8 Å². The molecule has 1 aliphatic carbocycles. The molecule has 1 aromatic rings. The van der Waals surface area contributed by atoms with Crippen molar-refractivity contribution in [2.24, 2.45) is 0 Å². The summed E-state index contributed by atoms with van der Waals surface area (Å²) in [5.74, 6) is -0.228. The smallest absolute Gasteiger partial charge is 0.254 e. The van der Waals surface area contributed by atoms with Gasteiger partial charge in [0.15, 0.2) is 0 Å². The molecule has 17 heavy (non-hydrogen) atoms. The Morgan fingerprint density at radius 2 is 1.76 bits per heavy atom. The van der Waals surface area contributed by atoms with Crippen LogP contribution >= 0.6 is 0 Å². The first-order chi connectivity index (χ1) is 8.21. The first-order valence-corrected chi connectivity index (χ1v) is 5.94. The molecule has 0 bridgehead atoms. The number of nitrogens with one attached hydrogen (secondary N) is 2. The third-order valence-electron chi connectivity index (χ3n) is 3.66. The Labute approximate surface area is 99.4 Å². The van der Waals surface area contributed by atoms with Gasteiger partial charge in [0, 0.05) is 0 Å². The van der Waals surface area contributed by atoms with Gasteiger partial charge in [-0.05, 0) is 25.0 Å². The van der Waals surface area contributed by atoms with E-state index in [9.17, 15) is 9.59 Å². The van der Waals surface area contributed by atoms with Crippen LogP contribution in [0.1, 0.15) is 36.0 Å². The molecule has 1 heterocycles. The second kappa shape index (κ2) is 3.58. The van der Waals surface area contributed by atoms with Crippen molar-refractivity contribution >= 4 is 17.5 Å². The summed E-state index contributed by atoms with van der Waals surface area (Å²) in [7, 11) is 0. The zero-order valence-corrected chi connectivity index (χ0v) is 9.45. The summed E-state index contributed by atoms with van der Waals surface area (Å²) >= 11 is 0. The molecule has 88 valence electrons. The summed E-state index contributed by atoms with van der Waals surface area (Å²) in [5.41, 5.74) is 0.472. The maximum Gasteiger partial charge on any atom is 0.254 e. The highest BCUT2D eigenvalue weighted by Gasteiger charge is 2.44. The van der Waals surface area contributed by atoms with Crippen molar-refractivity contribution in [1.29, 1.82) is 0 Å². The predicted octanol–water partition coefficient (Wildman–Crippen LogP) is 1.68. The molecule has 0 atom stereocenters. The van der Waals surface area contributed by atoms with E-state index in [4.69, 9.17) is 0 Å². The standard InChI is InChI=1S/C13H14N2O2/c16-11-9-5-1-2-6-10(9)14-12(17)13(15-11)7-3-4-8-13/h1-2,5-6H,3-4,7-8H2,(H,14,17)(H,15,16). The summed E-state index contributed by atoms with van der Waals surface area (Å²) in [6.45, 7) is 0. The number of anilines is 1. The molecule has 0 aromatic heterocycles. The first kappa shape index (κ1) is 10.3. The van der Waals surface area contributed by atoms with Crippen LogP contribution in [-0.4, -0.2) is 17.4 Å². The van der Waals surface area contributed by atoms with Gasteiger partial charge in [0.1, 0.15) is 5.54 Å². The Morgan fingerprint density at radius 3 is 2.53 bits per heavy atom. The number of amides is 2. The minimum Gasteiger partial charge on any atom is -0.338 e. The highest BCUT2D eigenvalue weighted by molar-refractivity contribution is 6.11. The molecule has 2 N–H and O–H groups in total. The van der Waals surface area contributed by atoms with Crippen LogP contribution in [-0.2, 0) is 4.79 Å². The maximum atomic E-state index is 12.2. The van der Waals surface area contributed by atoms with Crippen molar-refractivity contribution in [2.75, 3.05) is 5.32 Å². The summed E-state index contributed by atoms with van der Waals surface area (Å²) in [6, 6.07) is 7.12. The van der Waals surface area contributed by atoms with E-state index < -0.39 is 5.54 Å². The zero-order valence-electron chi connectivity index (χ0n) is 9.45. The van der Waals surface area contributed by atoms with Crippen molar-refractivity contribution in [1.82, 2.24) is 5.32 Å². The van der Waals surface area contributed by atoms with Crippen LogP contribution in [0, 0.1) is 0 Å². The molecule has 0 saturated heterocycles. The van der Waals surface area contributed by atoms with Crippen molar-refractivity contribution in [3.8, 4) is 0 Å². The van der Waals surface area contributed by atoms with Gasteiger partial charge in [-0.1, -0.05) is 25.0 Å². The van der Waals surface area contributed by atoms with Gasteiger partial charge in [-0.25, -0.2) is 0 Å². The molecule has 1 aliphatic heterocycles. The van der Waals surface area contributed by atoms with Crippen molar-refractivity contribution < 1.29 is 9.59 Å². The van der Waals surface area contributed by atoms with E-state index in [0.717, 1.165) is 25.7 Å². The minimum absolute atomic E-state index is 0.0756. The van der Waals surface area contributed by atoms with Gasteiger partial charge in [0.05, 0.1) is 11.3 Å². The number of carbonyl (C=O) groups is 2. The van der Waals surface area contributed by atoms with E-state index in [2.05, 4.69) is 10.6 Å². The summed E-state index contributed by atoms with van der Waals surface area (Å²) in [6.07, 6.45) is 3.45. The molecule has 0 unspecified atom stereocenters. The van der Waals surface area contributed by atoms with Crippen molar-refractivity contribution in [3.05, 3.63) is 29.8 Å². The second-order valence-corrected chi connectivity index (χ2v) is 4.74. The molecule has 2 aliphatic rings. The number of rotatable bonds is 0. The van der Waals surface area contributed by atoms with Crippen molar-refractivity contribution in [3.63, 3.8) is 0 Å². The first-order valence-electron chi connectivity index (χ1n) is 5.94. The lowest BCUT2D eigenvalue weighted by molar-refractivity contribution is -0.121. The summed E-state index contributed by atoms with van der Waals surface area (Å²) in [4.78, 5) is 24.3. The molecule has 1 fully saturated rings. The highest BCUT2D eigenvalue weighted by Crippen LogP contribution is 2.33. The lowest BCUT2D eigenvalue weighted by atomic mass is 9.96. The van der Waals surface area contributed by atoms with E-state index >= 15 is 0 Å². The summed E-state index contributed by atoms with van der Waals surface area (Å²) in [5, 5.41) is 5.77. The third-order valence-corrected chi connectivity index (χ3v) is 3.66. The molecule has 0 radical (unpaired) electrons. The van der Waals surface area contributed by atoms with Crippen LogP contribution in [0.3, 0.4) is 0 Å². The fourth-order valence-corrected chi connectivity index (χ4v) is 2.70. The van der Waals surface area contributed by atoms with Crippen LogP contribution < -0.4 is 10.6 Å². The molecule has 2 amide bonds. The van der Waals surface area contributed by atoms with Gasteiger partial charge in [0.25, 0.3) is 5.91 Å². The number of benzene rings is 1. The average molecular weight is 230 g/mol. The monoisotopic (exact) mass is 230 g/mol. The predicted molar refractivity (Wildman–Crippen MR) is 63.7 cm³/mol. The Kier molecular flexibility index (Phi) is 2.18. The minimum atomic E-state index is -0.684. The average Bonchev–Trinajstić information content (AvgIpc) is 2.75. The maximum absolute atomic E-state index is 12.2. The molecule has 1 aromatic carbocycles. The molecule has 1 saturated carbocycles. The number of hydrogen-bond acceptors (Lipinski definition) is 2. The van der Waals surface area contributed by atoms with Gasteiger partial charge < -0.3 is 10.6 Å². The number of carbonyl (C=O) groups excluding carboxylic acids is 2. The van der Waals surface area contributed by atoms with Crippen LogP contribution in [0.2, 0.25) is 0 Å². The number of hydrogen-bond donors (Lipinski definition) is 2. The molecule has 4 nitrogen and oxygen atoms in total. The van der Waals surface area contributed by atoms with Gasteiger partial charge >= 0.3 is 0 Å². The van der Waals surface area contributed by atoms with E-state index in [0.29, 0.717) is 11.3 Å². The molecule has 1 spiro atoms. The van der Waals surface area contributed by atoms with E-state index in [1.54, 1.807) is 18.2 Å². The Hall–Kier alpha value is -1.84.